The minimum atomic E-state index is -0.00681. The largest absolute Gasteiger partial charge is 0.506 e. The summed E-state index contributed by atoms with van der Waals surface area (Å²) in [7, 11) is 2.97. The Morgan fingerprint density at radius 3 is 2.42 bits per heavy atom. The second kappa shape index (κ2) is 3.21. The summed E-state index contributed by atoms with van der Waals surface area (Å²) >= 11 is 0. The molecule has 0 aliphatic carbocycles. The van der Waals surface area contributed by atoms with Gasteiger partial charge in [0, 0.05) is 0 Å². The lowest BCUT2D eigenvalue weighted by Crippen LogP contribution is -1.96. The summed E-state index contributed by atoms with van der Waals surface area (Å²) in [5.41, 5.74) is 5.71. The second-order valence-electron chi connectivity index (χ2n) is 2.23. The van der Waals surface area contributed by atoms with Crippen molar-refractivity contribution in [2.24, 2.45) is 0 Å². The summed E-state index contributed by atoms with van der Waals surface area (Å²) in [5.74, 6) is 0.859. The zero-order valence-electron chi connectivity index (χ0n) is 7.00. The van der Waals surface area contributed by atoms with Gasteiger partial charge in [-0.1, -0.05) is 0 Å². The molecular weight excluding hydrogens is 158 g/mol. The Morgan fingerprint density at radius 1 is 1.25 bits per heavy atom. The summed E-state index contributed by atoms with van der Waals surface area (Å²) in [4.78, 5) is 0. The van der Waals surface area contributed by atoms with Crippen LogP contribution < -0.4 is 15.2 Å². The first-order chi connectivity index (χ1) is 5.70. The highest BCUT2D eigenvalue weighted by Gasteiger charge is 2.10. The molecule has 0 bridgehead atoms. The molecule has 0 heterocycles. The third-order valence-corrected chi connectivity index (χ3v) is 1.56. The maximum atomic E-state index is 9.19. The van der Waals surface area contributed by atoms with E-state index in [0.717, 1.165) is 0 Å². The van der Waals surface area contributed by atoms with E-state index in [1.54, 1.807) is 6.07 Å². The van der Waals surface area contributed by atoms with Crippen LogP contribution in [0.15, 0.2) is 12.1 Å². The van der Waals surface area contributed by atoms with E-state index in [-0.39, 0.29) is 11.4 Å². The molecule has 0 saturated carbocycles. The van der Waals surface area contributed by atoms with Gasteiger partial charge in [0.15, 0.2) is 11.5 Å². The van der Waals surface area contributed by atoms with Crippen molar-refractivity contribution < 1.29 is 14.6 Å². The number of rotatable bonds is 2. The summed E-state index contributed by atoms with van der Waals surface area (Å²) in [6.07, 6.45) is 0. The Morgan fingerprint density at radius 2 is 1.92 bits per heavy atom. The molecule has 0 aromatic heterocycles. The number of anilines is 1. The molecular formula is C8H11NO3. The van der Waals surface area contributed by atoms with Gasteiger partial charge < -0.3 is 20.3 Å². The number of nitrogens with two attached hydrogens (primary N) is 1. The van der Waals surface area contributed by atoms with Gasteiger partial charge in [-0.3, -0.25) is 0 Å². The van der Waals surface area contributed by atoms with E-state index in [2.05, 4.69) is 0 Å². The van der Waals surface area contributed by atoms with Crippen molar-refractivity contribution in [3.05, 3.63) is 12.1 Å². The fraction of sp³-hybridized carbons (Fsp3) is 0.250. The number of hydrogen-bond acceptors (Lipinski definition) is 4. The minimum absolute atomic E-state index is 0.00681. The average Bonchev–Trinajstić information content (AvgIpc) is 2.09. The van der Waals surface area contributed by atoms with E-state index >= 15 is 0 Å². The van der Waals surface area contributed by atoms with Crippen molar-refractivity contribution in [2.75, 3.05) is 20.0 Å². The van der Waals surface area contributed by atoms with Gasteiger partial charge in [0.25, 0.3) is 0 Å². The van der Waals surface area contributed by atoms with Gasteiger partial charge >= 0.3 is 0 Å². The fourth-order valence-electron chi connectivity index (χ4n) is 0.940. The smallest absolute Gasteiger partial charge is 0.187 e. The first-order valence-corrected chi connectivity index (χ1v) is 3.40. The summed E-state index contributed by atoms with van der Waals surface area (Å²) in [6, 6.07) is 3.04. The standard InChI is InChI=1S/C8H11NO3/c1-11-6-4-3-5(10)7(9)8(6)12-2/h3-4,10H,9H2,1-2H3. The molecule has 12 heavy (non-hydrogen) atoms. The molecule has 0 spiro atoms. The van der Waals surface area contributed by atoms with E-state index in [9.17, 15) is 5.11 Å². The summed E-state index contributed by atoms with van der Waals surface area (Å²) in [6.45, 7) is 0. The van der Waals surface area contributed by atoms with E-state index < -0.39 is 0 Å². The molecule has 1 rings (SSSR count). The van der Waals surface area contributed by atoms with Crippen LogP contribution in [0.2, 0.25) is 0 Å². The van der Waals surface area contributed by atoms with Gasteiger partial charge in [0.05, 0.1) is 14.2 Å². The molecule has 1 aromatic carbocycles. The Labute approximate surface area is 70.5 Å². The maximum absolute atomic E-state index is 9.19. The van der Waals surface area contributed by atoms with Crippen LogP contribution in [-0.4, -0.2) is 19.3 Å². The third kappa shape index (κ3) is 1.23. The first-order valence-electron chi connectivity index (χ1n) is 3.40. The zero-order chi connectivity index (χ0) is 9.14. The Bertz CT molecular complexity index is 286. The molecule has 1 aromatic rings. The molecule has 0 unspecified atom stereocenters. The maximum Gasteiger partial charge on any atom is 0.187 e. The second-order valence-corrected chi connectivity index (χ2v) is 2.23. The average molecular weight is 169 g/mol. The lowest BCUT2D eigenvalue weighted by atomic mass is 10.2. The highest BCUT2D eigenvalue weighted by molar-refractivity contribution is 5.67. The van der Waals surface area contributed by atoms with Crippen LogP contribution in [0.25, 0.3) is 0 Å². The summed E-state index contributed by atoms with van der Waals surface area (Å²) < 4.78 is 9.89. The van der Waals surface area contributed by atoms with Crippen LogP contribution in [0.4, 0.5) is 5.69 Å². The van der Waals surface area contributed by atoms with E-state index in [1.807, 2.05) is 0 Å². The van der Waals surface area contributed by atoms with Crippen molar-refractivity contribution in [3.8, 4) is 17.2 Å². The number of ether oxygens (including phenoxy) is 2. The number of benzene rings is 1. The highest BCUT2D eigenvalue weighted by Crippen LogP contribution is 2.38. The van der Waals surface area contributed by atoms with Gasteiger partial charge in [-0.05, 0) is 12.1 Å². The number of aromatic hydroxyl groups is 1. The molecule has 0 atom stereocenters. The Balaban J connectivity index is 3.25. The van der Waals surface area contributed by atoms with Gasteiger partial charge in [0.2, 0.25) is 0 Å². The number of phenolic OH excluding ortho intramolecular Hbond substituents is 1. The van der Waals surface area contributed by atoms with E-state index in [1.165, 1.54) is 20.3 Å². The Hall–Kier alpha value is -1.58. The van der Waals surface area contributed by atoms with Crippen LogP contribution in [0.5, 0.6) is 17.2 Å². The van der Waals surface area contributed by atoms with Crippen molar-refractivity contribution in [3.63, 3.8) is 0 Å². The van der Waals surface area contributed by atoms with Gasteiger partial charge in [-0.2, -0.15) is 0 Å². The molecule has 0 aliphatic rings. The molecule has 4 nitrogen and oxygen atoms in total. The lowest BCUT2D eigenvalue weighted by molar-refractivity contribution is 0.353. The number of hydrogen-bond donors (Lipinski definition) is 2. The van der Waals surface area contributed by atoms with Crippen LogP contribution in [0.3, 0.4) is 0 Å². The predicted molar refractivity (Wildman–Crippen MR) is 45.6 cm³/mol. The van der Waals surface area contributed by atoms with Crippen LogP contribution in [-0.2, 0) is 0 Å². The lowest BCUT2D eigenvalue weighted by Gasteiger charge is -2.10. The molecule has 0 saturated heterocycles. The molecule has 66 valence electrons. The van der Waals surface area contributed by atoms with Gasteiger partial charge in [-0.25, -0.2) is 0 Å². The van der Waals surface area contributed by atoms with E-state index in [0.29, 0.717) is 11.5 Å². The molecule has 0 radical (unpaired) electrons. The molecule has 4 heteroatoms. The molecule has 0 fully saturated rings. The number of methoxy groups -OCH3 is 2. The molecule has 0 amide bonds. The summed E-state index contributed by atoms with van der Waals surface area (Å²) in [5, 5.41) is 9.19. The van der Waals surface area contributed by atoms with Crippen LogP contribution in [0.1, 0.15) is 0 Å². The van der Waals surface area contributed by atoms with Crippen LogP contribution >= 0.6 is 0 Å². The van der Waals surface area contributed by atoms with Crippen molar-refractivity contribution in [1.29, 1.82) is 0 Å². The van der Waals surface area contributed by atoms with Crippen molar-refractivity contribution in [1.82, 2.24) is 0 Å². The third-order valence-electron chi connectivity index (χ3n) is 1.56. The van der Waals surface area contributed by atoms with Gasteiger partial charge in [-0.15, -0.1) is 0 Å². The van der Waals surface area contributed by atoms with Crippen LogP contribution in [0, 0.1) is 0 Å². The monoisotopic (exact) mass is 169 g/mol. The quantitative estimate of drug-likeness (QED) is 0.512. The van der Waals surface area contributed by atoms with Crippen molar-refractivity contribution >= 4 is 5.69 Å². The normalized spacial score (nSPS) is 9.50. The Kier molecular flexibility index (Phi) is 2.28. The SMILES string of the molecule is COc1ccc(O)c(N)c1OC. The predicted octanol–water partition coefficient (Wildman–Crippen LogP) is 0.992. The van der Waals surface area contributed by atoms with Crippen molar-refractivity contribution in [2.45, 2.75) is 0 Å². The highest BCUT2D eigenvalue weighted by atomic mass is 16.5. The topological polar surface area (TPSA) is 64.7 Å². The number of nitrogen functional groups attached to an aromatic ring is 1. The first kappa shape index (κ1) is 8.52. The van der Waals surface area contributed by atoms with Gasteiger partial charge in [0.1, 0.15) is 11.4 Å². The molecule has 3 N–H and O–H groups in total. The fourth-order valence-corrected chi connectivity index (χ4v) is 0.940. The van der Waals surface area contributed by atoms with E-state index in [4.69, 9.17) is 15.2 Å². The zero-order valence-corrected chi connectivity index (χ0v) is 7.00. The minimum Gasteiger partial charge on any atom is -0.506 e. The molecule has 0 aliphatic heterocycles. The number of phenols is 1.